The first-order valence-corrected chi connectivity index (χ1v) is 8.37. The number of hydrogen-bond donors (Lipinski definition) is 1. The third-order valence-electron chi connectivity index (χ3n) is 4.14. The van der Waals surface area contributed by atoms with Crippen molar-refractivity contribution in [2.45, 2.75) is 26.7 Å². The summed E-state index contributed by atoms with van der Waals surface area (Å²) in [6.45, 7) is 6.49. The Hall–Kier alpha value is -2.26. The minimum absolute atomic E-state index is 0.142. The average Bonchev–Trinajstić information content (AvgIpc) is 2.55. The number of hydrogen-bond acceptors (Lipinski definition) is 2. The lowest BCUT2D eigenvalue weighted by Crippen LogP contribution is -2.22. The van der Waals surface area contributed by atoms with E-state index in [0.717, 1.165) is 28.1 Å². The van der Waals surface area contributed by atoms with Crippen LogP contribution in [0.1, 0.15) is 36.5 Å². The summed E-state index contributed by atoms with van der Waals surface area (Å²) in [4.78, 5) is 12.7. The summed E-state index contributed by atoms with van der Waals surface area (Å²) in [6.07, 6.45) is 1.84. The van der Waals surface area contributed by atoms with Crippen LogP contribution in [-0.2, 0) is 4.79 Å². The number of anilines is 1. The van der Waals surface area contributed by atoms with Gasteiger partial charge in [0.05, 0.1) is 5.57 Å². The van der Waals surface area contributed by atoms with Crippen molar-refractivity contribution in [2.75, 3.05) is 11.9 Å². The molecule has 24 heavy (non-hydrogen) atoms. The number of fused-ring (bicyclic) bond motifs is 1. The number of nitrogens with one attached hydrogen (secondary N) is 1. The van der Waals surface area contributed by atoms with Crippen LogP contribution < -0.4 is 10.1 Å². The molecule has 2 aromatic carbocycles. The normalized spacial score (nSPS) is 13.1. The van der Waals surface area contributed by atoms with E-state index >= 15 is 0 Å². The van der Waals surface area contributed by atoms with Crippen molar-refractivity contribution < 1.29 is 9.53 Å². The third kappa shape index (κ3) is 3.31. The van der Waals surface area contributed by atoms with Crippen LogP contribution in [0, 0.1) is 6.92 Å². The van der Waals surface area contributed by atoms with Crippen LogP contribution >= 0.6 is 11.6 Å². The van der Waals surface area contributed by atoms with Gasteiger partial charge in [-0.2, -0.15) is 0 Å². The number of ether oxygens (including phenoxy) is 1. The molecule has 0 aromatic heterocycles. The highest BCUT2D eigenvalue weighted by molar-refractivity contribution is 6.30. The van der Waals surface area contributed by atoms with Gasteiger partial charge in [0.15, 0.2) is 0 Å². The number of rotatable bonds is 3. The van der Waals surface area contributed by atoms with Gasteiger partial charge >= 0.3 is 0 Å². The molecule has 0 atom stereocenters. The molecule has 0 unspecified atom stereocenters. The van der Waals surface area contributed by atoms with Gasteiger partial charge in [-0.05, 0) is 48.2 Å². The predicted molar refractivity (Wildman–Crippen MR) is 98.8 cm³/mol. The Balaban J connectivity index is 1.89. The number of halogens is 1. The highest BCUT2D eigenvalue weighted by Gasteiger charge is 2.19. The van der Waals surface area contributed by atoms with Crippen molar-refractivity contribution in [1.82, 2.24) is 0 Å². The van der Waals surface area contributed by atoms with E-state index in [1.165, 1.54) is 0 Å². The zero-order chi connectivity index (χ0) is 17.3. The molecule has 1 aliphatic heterocycles. The largest absolute Gasteiger partial charge is 0.488 e. The van der Waals surface area contributed by atoms with Crippen molar-refractivity contribution in [3.05, 3.63) is 63.7 Å². The second-order valence-electron chi connectivity index (χ2n) is 6.29. The van der Waals surface area contributed by atoms with Crippen molar-refractivity contribution >= 4 is 29.3 Å². The fourth-order valence-electron chi connectivity index (χ4n) is 2.82. The Labute approximate surface area is 147 Å². The molecule has 0 aliphatic carbocycles. The summed E-state index contributed by atoms with van der Waals surface area (Å²) in [5.41, 5.74) is 4.48. The third-order valence-corrected chi connectivity index (χ3v) is 4.38. The Morgan fingerprint density at radius 2 is 2.04 bits per heavy atom. The van der Waals surface area contributed by atoms with Gasteiger partial charge < -0.3 is 10.1 Å². The molecule has 2 aromatic rings. The monoisotopic (exact) mass is 341 g/mol. The molecule has 0 saturated heterocycles. The summed E-state index contributed by atoms with van der Waals surface area (Å²) >= 11 is 6.02. The molecule has 0 fully saturated rings. The second-order valence-corrected chi connectivity index (χ2v) is 6.72. The van der Waals surface area contributed by atoms with E-state index in [1.807, 2.05) is 37.3 Å². The number of amides is 1. The summed E-state index contributed by atoms with van der Waals surface area (Å²) in [5, 5.41) is 3.68. The zero-order valence-electron chi connectivity index (χ0n) is 14.0. The predicted octanol–water partition coefficient (Wildman–Crippen LogP) is 5.19. The molecule has 1 N–H and O–H groups in total. The molecule has 0 spiro atoms. The van der Waals surface area contributed by atoms with E-state index in [1.54, 1.807) is 12.1 Å². The smallest absolute Gasteiger partial charge is 0.255 e. The van der Waals surface area contributed by atoms with Crippen LogP contribution in [0.15, 0.2) is 42.0 Å². The number of carbonyl (C=O) groups excluding carboxylic acids is 1. The first kappa shape index (κ1) is 16.6. The Morgan fingerprint density at radius 1 is 1.25 bits per heavy atom. The highest BCUT2D eigenvalue weighted by Crippen LogP contribution is 2.31. The average molecular weight is 342 g/mol. The van der Waals surface area contributed by atoms with Crippen LogP contribution in [-0.4, -0.2) is 12.5 Å². The van der Waals surface area contributed by atoms with E-state index < -0.39 is 0 Å². The van der Waals surface area contributed by atoms with Gasteiger partial charge in [0, 0.05) is 16.3 Å². The van der Waals surface area contributed by atoms with Crippen LogP contribution in [0.25, 0.3) is 6.08 Å². The van der Waals surface area contributed by atoms with Gasteiger partial charge in [0.25, 0.3) is 5.91 Å². The van der Waals surface area contributed by atoms with Gasteiger partial charge in [0.1, 0.15) is 12.4 Å². The van der Waals surface area contributed by atoms with Crippen LogP contribution in [0.5, 0.6) is 5.75 Å². The minimum atomic E-state index is -0.142. The molecular formula is C20H20ClNO2. The van der Waals surface area contributed by atoms with Gasteiger partial charge in [-0.25, -0.2) is 0 Å². The SMILES string of the molecule is Cc1cccc(C(C)C)c1NC(=O)C1=Cc2cc(Cl)ccc2OC1. The van der Waals surface area contributed by atoms with Crippen molar-refractivity contribution in [3.63, 3.8) is 0 Å². The zero-order valence-corrected chi connectivity index (χ0v) is 14.8. The molecule has 1 aliphatic rings. The molecule has 124 valence electrons. The lowest BCUT2D eigenvalue weighted by Gasteiger charge is -2.20. The molecule has 0 bridgehead atoms. The number of aryl methyl sites for hydroxylation is 1. The van der Waals surface area contributed by atoms with Crippen LogP contribution in [0.3, 0.4) is 0 Å². The lowest BCUT2D eigenvalue weighted by molar-refractivity contribution is -0.113. The summed E-state index contributed by atoms with van der Waals surface area (Å²) < 4.78 is 5.67. The maximum Gasteiger partial charge on any atom is 0.255 e. The Morgan fingerprint density at radius 3 is 2.79 bits per heavy atom. The summed E-state index contributed by atoms with van der Waals surface area (Å²) in [5.74, 6) is 0.933. The molecule has 1 heterocycles. The fourth-order valence-corrected chi connectivity index (χ4v) is 3.00. The van der Waals surface area contributed by atoms with E-state index in [4.69, 9.17) is 16.3 Å². The van der Waals surface area contributed by atoms with Crippen LogP contribution in [0.4, 0.5) is 5.69 Å². The molecule has 0 saturated carbocycles. The topological polar surface area (TPSA) is 38.3 Å². The molecule has 0 radical (unpaired) electrons. The van der Waals surface area contributed by atoms with Crippen LogP contribution in [0.2, 0.25) is 5.02 Å². The molecule has 1 amide bonds. The van der Waals surface area contributed by atoms with Crippen molar-refractivity contribution in [2.24, 2.45) is 0 Å². The maximum absolute atomic E-state index is 12.7. The minimum Gasteiger partial charge on any atom is -0.488 e. The molecular weight excluding hydrogens is 322 g/mol. The second kappa shape index (κ2) is 6.70. The quantitative estimate of drug-likeness (QED) is 0.834. The standard InChI is InChI=1S/C20H20ClNO2/c1-12(2)17-6-4-5-13(3)19(17)22-20(23)15-9-14-10-16(21)7-8-18(14)24-11-15/h4-10,12H,11H2,1-3H3,(H,22,23). The van der Waals surface area contributed by atoms with Gasteiger partial charge in [-0.3, -0.25) is 4.79 Å². The summed E-state index contributed by atoms with van der Waals surface area (Å²) in [6, 6.07) is 11.5. The lowest BCUT2D eigenvalue weighted by atomic mass is 9.98. The molecule has 4 heteroatoms. The Kier molecular flexibility index (Phi) is 4.63. The Bertz CT molecular complexity index is 824. The number of benzene rings is 2. The first-order chi connectivity index (χ1) is 11.5. The van der Waals surface area contributed by atoms with Crippen molar-refractivity contribution in [1.29, 1.82) is 0 Å². The molecule has 3 nitrogen and oxygen atoms in total. The number of para-hydroxylation sites is 1. The summed E-state index contributed by atoms with van der Waals surface area (Å²) in [7, 11) is 0. The van der Waals surface area contributed by atoms with E-state index in [9.17, 15) is 4.79 Å². The van der Waals surface area contributed by atoms with Crippen molar-refractivity contribution in [3.8, 4) is 5.75 Å². The van der Waals surface area contributed by atoms with Gasteiger partial charge in [-0.15, -0.1) is 0 Å². The van der Waals surface area contributed by atoms with Gasteiger partial charge in [-0.1, -0.05) is 43.6 Å². The van der Waals surface area contributed by atoms with E-state index in [2.05, 4.69) is 19.2 Å². The fraction of sp³-hybridized carbons (Fsp3) is 0.250. The maximum atomic E-state index is 12.7. The highest BCUT2D eigenvalue weighted by atomic mass is 35.5. The van der Waals surface area contributed by atoms with E-state index in [0.29, 0.717) is 16.5 Å². The number of carbonyl (C=O) groups is 1. The van der Waals surface area contributed by atoms with Gasteiger partial charge in [0.2, 0.25) is 0 Å². The first-order valence-electron chi connectivity index (χ1n) is 7.99. The van der Waals surface area contributed by atoms with E-state index in [-0.39, 0.29) is 12.5 Å². The molecule has 3 rings (SSSR count).